The summed E-state index contributed by atoms with van der Waals surface area (Å²) in [4.78, 5) is 13.2. The predicted molar refractivity (Wildman–Crippen MR) is 63.5 cm³/mol. The number of hydrogen-bond donors (Lipinski definition) is 0. The molecule has 0 aliphatic carbocycles. The van der Waals surface area contributed by atoms with E-state index in [1.165, 1.54) is 38.0 Å². The molecule has 3 rings (SSSR count). The Morgan fingerprint density at radius 2 is 2.00 bits per heavy atom. The fourth-order valence-electron chi connectivity index (χ4n) is 3.26. The van der Waals surface area contributed by atoms with Gasteiger partial charge in [-0.25, -0.2) is 9.97 Å². The van der Waals surface area contributed by atoms with E-state index in [9.17, 15) is 0 Å². The summed E-state index contributed by atoms with van der Waals surface area (Å²) >= 11 is 0. The van der Waals surface area contributed by atoms with Crippen molar-refractivity contribution in [2.24, 2.45) is 0 Å². The highest BCUT2D eigenvalue weighted by Gasteiger charge is 2.45. The summed E-state index contributed by atoms with van der Waals surface area (Å²) in [6.07, 6.45) is 9.37. The summed E-state index contributed by atoms with van der Waals surface area (Å²) in [7, 11) is 2.22. The molecule has 1 atom stereocenters. The highest BCUT2D eigenvalue weighted by Crippen LogP contribution is 2.39. The molecule has 2 aliphatic heterocycles. The third kappa shape index (κ3) is 1.48. The molecule has 0 N–H and O–H groups in total. The SMILES string of the molecule is CN1CCC2(CCCN2c2cncnc2)C1. The van der Waals surface area contributed by atoms with Crippen molar-refractivity contribution in [3.63, 3.8) is 0 Å². The average molecular weight is 218 g/mol. The Bertz CT molecular complexity index is 367. The Hall–Kier alpha value is -1.16. The average Bonchev–Trinajstić information content (AvgIpc) is 2.88. The van der Waals surface area contributed by atoms with Crippen LogP contribution in [0.2, 0.25) is 0 Å². The third-order valence-corrected chi connectivity index (χ3v) is 3.98. The van der Waals surface area contributed by atoms with Crippen LogP contribution in [0.1, 0.15) is 19.3 Å². The van der Waals surface area contributed by atoms with Crippen molar-refractivity contribution in [1.29, 1.82) is 0 Å². The lowest BCUT2D eigenvalue weighted by Crippen LogP contribution is -2.46. The van der Waals surface area contributed by atoms with Crippen LogP contribution in [0.4, 0.5) is 5.69 Å². The molecule has 16 heavy (non-hydrogen) atoms. The molecule has 3 heterocycles. The third-order valence-electron chi connectivity index (χ3n) is 3.98. The smallest absolute Gasteiger partial charge is 0.115 e. The van der Waals surface area contributed by atoms with Crippen LogP contribution in [0.5, 0.6) is 0 Å². The lowest BCUT2D eigenvalue weighted by atomic mass is 9.95. The van der Waals surface area contributed by atoms with Gasteiger partial charge in [0.05, 0.1) is 23.6 Å². The van der Waals surface area contributed by atoms with Gasteiger partial charge in [-0.2, -0.15) is 0 Å². The molecule has 1 aromatic heterocycles. The topological polar surface area (TPSA) is 32.3 Å². The molecule has 0 saturated carbocycles. The number of hydrogen-bond acceptors (Lipinski definition) is 4. The number of nitrogens with zero attached hydrogens (tertiary/aromatic N) is 4. The lowest BCUT2D eigenvalue weighted by molar-refractivity contribution is 0.367. The highest BCUT2D eigenvalue weighted by atomic mass is 15.3. The summed E-state index contributed by atoms with van der Waals surface area (Å²) in [5.74, 6) is 0. The Kier molecular flexibility index (Phi) is 2.32. The molecule has 1 spiro atoms. The number of rotatable bonds is 1. The fraction of sp³-hybridized carbons (Fsp3) is 0.667. The maximum absolute atomic E-state index is 4.14. The van der Waals surface area contributed by atoms with E-state index < -0.39 is 0 Å². The Morgan fingerprint density at radius 1 is 1.19 bits per heavy atom. The van der Waals surface area contributed by atoms with Gasteiger partial charge in [0.25, 0.3) is 0 Å². The summed E-state index contributed by atoms with van der Waals surface area (Å²) in [6, 6.07) is 0. The molecule has 1 unspecified atom stereocenters. The van der Waals surface area contributed by atoms with Gasteiger partial charge in [-0.3, -0.25) is 0 Å². The highest BCUT2D eigenvalue weighted by molar-refractivity contribution is 5.47. The zero-order chi connectivity index (χ0) is 11.0. The quantitative estimate of drug-likeness (QED) is 0.708. The summed E-state index contributed by atoms with van der Waals surface area (Å²) in [5.41, 5.74) is 1.55. The van der Waals surface area contributed by atoms with Gasteiger partial charge >= 0.3 is 0 Å². The first kappa shape index (κ1) is 10.0. The standard InChI is InChI=1S/C12H18N4/c1-15-6-4-12(9-15)3-2-5-16(12)11-7-13-10-14-8-11/h7-8,10H,2-6,9H2,1H3. The van der Waals surface area contributed by atoms with E-state index >= 15 is 0 Å². The normalized spacial score (nSPS) is 30.4. The van der Waals surface area contributed by atoms with Crippen molar-refractivity contribution in [2.45, 2.75) is 24.8 Å². The van der Waals surface area contributed by atoms with Gasteiger partial charge in [-0.05, 0) is 26.3 Å². The molecule has 86 valence electrons. The molecule has 0 radical (unpaired) electrons. The van der Waals surface area contributed by atoms with E-state index in [4.69, 9.17) is 0 Å². The van der Waals surface area contributed by atoms with E-state index in [1.807, 2.05) is 12.4 Å². The minimum Gasteiger partial charge on any atom is -0.362 e. The number of aromatic nitrogens is 2. The minimum absolute atomic E-state index is 0.361. The van der Waals surface area contributed by atoms with E-state index in [1.54, 1.807) is 6.33 Å². The monoisotopic (exact) mass is 218 g/mol. The molecule has 2 fully saturated rings. The lowest BCUT2D eigenvalue weighted by Gasteiger charge is -2.36. The first-order valence-electron chi connectivity index (χ1n) is 6.01. The van der Waals surface area contributed by atoms with Crippen molar-refractivity contribution < 1.29 is 0 Å². The van der Waals surface area contributed by atoms with Crippen molar-refractivity contribution >= 4 is 5.69 Å². The largest absolute Gasteiger partial charge is 0.362 e. The zero-order valence-electron chi connectivity index (χ0n) is 9.76. The van der Waals surface area contributed by atoms with Crippen LogP contribution in [-0.2, 0) is 0 Å². The molecular weight excluding hydrogens is 200 g/mol. The van der Waals surface area contributed by atoms with E-state index in [0.29, 0.717) is 5.54 Å². The van der Waals surface area contributed by atoms with Crippen LogP contribution in [0.25, 0.3) is 0 Å². The van der Waals surface area contributed by atoms with Crippen LogP contribution in [-0.4, -0.2) is 47.1 Å². The maximum atomic E-state index is 4.14. The molecule has 0 amide bonds. The predicted octanol–water partition coefficient (Wildman–Crippen LogP) is 1.15. The van der Waals surface area contributed by atoms with E-state index in [-0.39, 0.29) is 0 Å². The van der Waals surface area contributed by atoms with Crippen LogP contribution in [0, 0.1) is 0 Å². The van der Waals surface area contributed by atoms with Gasteiger partial charge in [0.15, 0.2) is 0 Å². The first-order chi connectivity index (χ1) is 7.80. The molecule has 4 nitrogen and oxygen atoms in total. The number of anilines is 1. The van der Waals surface area contributed by atoms with Crippen LogP contribution >= 0.6 is 0 Å². The molecule has 0 bridgehead atoms. The van der Waals surface area contributed by atoms with E-state index in [0.717, 1.165) is 6.54 Å². The summed E-state index contributed by atoms with van der Waals surface area (Å²) in [6.45, 7) is 3.55. The van der Waals surface area contributed by atoms with Gasteiger partial charge in [0.2, 0.25) is 0 Å². The molecule has 1 aromatic rings. The molecule has 2 saturated heterocycles. The van der Waals surface area contributed by atoms with Gasteiger partial charge in [-0.1, -0.05) is 0 Å². The molecule has 2 aliphatic rings. The number of likely N-dealkylation sites (tertiary alicyclic amines) is 1. The zero-order valence-corrected chi connectivity index (χ0v) is 9.76. The van der Waals surface area contributed by atoms with Crippen molar-refractivity contribution in [3.8, 4) is 0 Å². The molecule has 0 aromatic carbocycles. The fourth-order valence-corrected chi connectivity index (χ4v) is 3.26. The number of likely N-dealkylation sites (N-methyl/N-ethyl adjacent to an activating group) is 1. The summed E-state index contributed by atoms with van der Waals surface area (Å²) in [5, 5.41) is 0. The van der Waals surface area contributed by atoms with Crippen LogP contribution in [0.15, 0.2) is 18.7 Å². The van der Waals surface area contributed by atoms with Crippen molar-refractivity contribution in [1.82, 2.24) is 14.9 Å². The Labute approximate surface area is 96.3 Å². The van der Waals surface area contributed by atoms with Gasteiger partial charge < -0.3 is 9.80 Å². The molecule has 4 heteroatoms. The van der Waals surface area contributed by atoms with Crippen molar-refractivity contribution in [3.05, 3.63) is 18.7 Å². The van der Waals surface area contributed by atoms with Crippen LogP contribution in [0.3, 0.4) is 0 Å². The maximum Gasteiger partial charge on any atom is 0.115 e. The Morgan fingerprint density at radius 3 is 2.69 bits per heavy atom. The van der Waals surface area contributed by atoms with Crippen LogP contribution < -0.4 is 4.90 Å². The summed E-state index contributed by atoms with van der Waals surface area (Å²) < 4.78 is 0. The van der Waals surface area contributed by atoms with Crippen molar-refractivity contribution in [2.75, 3.05) is 31.6 Å². The van der Waals surface area contributed by atoms with Gasteiger partial charge in [0.1, 0.15) is 6.33 Å². The second-order valence-corrected chi connectivity index (χ2v) is 5.06. The van der Waals surface area contributed by atoms with Gasteiger partial charge in [-0.15, -0.1) is 0 Å². The van der Waals surface area contributed by atoms with E-state index in [2.05, 4.69) is 26.8 Å². The van der Waals surface area contributed by atoms with Gasteiger partial charge in [0, 0.05) is 19.6 Å². The Balaban J connectivity index is 1.90. The second-order valence-electron chi connectivity index (χ2n) is 5.06. The minimum atomic E-state index is 0.361. The molecular formula is C12H18N4. The first-order valence-corrected chi connectivity index (χ1v) is 6.01. The second kappa shape index (κ2) is 3.70.